The number of alkyl halides is 3. The van der Waals surface area contributed by atoms with Crippen LogP contribution >= 0.6 is 11.6 Å². The van der Waals surface area contributed by atoms with E-state index in [0.29, 0.717) is 17.2 Å². The van der Waals surface area contributed by atoms with Crippen LogP contribution in [0.25, 0.3) is 11.6 Å². The number of methoxy groups -OCH3 is 1. The van der Waals surface area contributed by atoms with Gasteiger partial charge in [-0.15, -0.1) is 0 Å². The van der Waals surface area contributed by atoms with Gasteiger partial charge in [-0.3, -0.25) is 9.10 Å². The summed E-state index contributed by atoms with van der Waals surface area (Å²) in [6, 6.07) is 12.3. The van der Waals surface area contributed by atoms with Crippen LogP contribution in [0.2, 0.25) is 5.02 Å². The largest absolute Gasteiger partial charge is 0.486 e. The SMILES string of the molecule is COC(=O)CC[C@H]1CN(S(=O)(=O)c2cccc(C(F)(F)F)c2)c2cc(C=C(C)c3c(F)cccc3Cl)ccc2O1. The van der Waals surface area contributed by atoms with E-state index in [0.717, 1.165) is 22.5 Å². The van der Waals surface area contributed by atoms with Crippen LogP contribution in [0.1, 0.15) is 36.5 Å². The highest BCUT2D eigenvalue weighted by molar-refractivity contribution is 7.92. The third-order valence-corrected chi connectivity index (χ3v) is 8.39. The molecule has 0 unspecified atom stereocenters. The highest BCUT2D eigenvalue weighted by Crippen LogP contribution is 2.40. The highest BCUT2D eigenvalue weighted by atomic mass is 35.5. The lowest BCUT2D eigenvalue weighted by Gasteiger charge is -2.35. The van der Waals surface area contributed by atoms with E-state index in [-0.39, 0.29) is 41.4 Å². The summed E-state index contributed by atoms with van der Waals surface area (Å²) in [6.07, 6.45) is -3.89. The van der Waals surface area contributed by atoms with Crippen molar-refractivity contribution in [2.45, 2.75) is 36.9 Å². The number of anilines is 1. The number of rotatable bonds is 7. The van der Waals surface area contributed by atoms with Crippen molar-refractivity contribution in [3.05, 3.63) is 88.2 Å². The Bertz CT molecular complexity index is 1550. The Kier molecular flexibility index (Phi) is 8.46. The molecule has 6 nitrogen and oxygen atoms in total. The van der Waals surface area contributed by atoms with Gasteiger partial charge >= 0.3 is 12.1 Å². The Hall–Kier alpha value is -3.57. The van der Waals surface area contributed by atoms with Gasteiger partial charge in [-0.2, -0.15) is 13.2 Å². The second-order valence-electron chi connectivity index (χ2n) is 9.07. The topological polar surface area (TPSA) is 72.9 Å². The van der Waals surface area contributed by atoms with Crippen molar-refractivity contribution in [1.82, 2.24) is 0 Å². The molecular formula is C28H24ClF4NO5S. The van der Waals surface area contributed by atoms with Gasteiger partial charge in [-0.1, -0.05) is 35.9 Å². The Labute approximate surface area is 233 Å². The zero-order valence-electron chi connectivity index (χ0n) is 21.3. The zero-order valence-corrected chi connectivity index (χ0v) is 22.9. The van der Waals surface area contributed by atoms with Gasteiger partial charge in [-0.05, 0) is 66.9 Å². The fourth-order valence-corrected chi connectivity index (χ4v) is 6.19. The first-order valence-corrected chi connectivity index (χ1v) is 13.8. The number of nitrogens with zero attached hydrogens (tertiary/aromatic N) is 1. The van der Waals surface area contributed by atoms with E-state index in [9.17, 15) is 30.8 Å². The lowest BCUT2D eigenvalue weighted by atomic mass is 10.0. The number of benzene rings is 3. The summed E-state index contributed by atoms with van der Waals surface area (Å²) < 4.78 is 93.6. The van der Waals surface area contributed by atoms with Crippen molar-refractivity contribution in [2.24, 2.45) is 0 Å². The first-order chi connectivity index (χ1) is 18.8. The van der Waals surface area contributed by atoms with Crippen LogP contribution in [0, 0.1) is 5.82 Å². The molecular weight excluding hydrogens is 574 g/mol. The number of esters is 1. The van der Waals surface area contributed by atoms with Crippen LogP contribution in [0.4, 0.5) is 23.2 Å². The Morgan fingerprint density at radius 2 is 1.88 bits per heavy atom. The molecule has 0 aliphatic carbocycles. The van der Waals surface area contributed by atoms with E-state index in [4.69, 9.17) is 16.3 Å². The number of carbonyl (C=O) groups is 1. The lowest BCUT2D eigenvalue weighted by molar-refractivity contribution is -0.141. The maximum absolute atomic E-state index is 14.5. The van der Waals surface area contributed by atoms with Crippen LogP contribution in [0.15, 0.2) is 65.6 Å². The number of hydrogen-bond acceptors (Lipinski definition) is 5. The first-order valence-electron chi connectivity index (χ1n) is 12.0. The van der Waals surface area contributed by atoms with Crippen molar-refractivity contribution >= 4 is 44.9 Å². The highest BCUT2D eigenvalue weighted by Gasteiger charge is 2.37. The van der Waals surface area contributed by atoms with Gasteiger partial charge < -0.3 is 9.47 Å². The number of ether oxygens (including phenoxy) is 2. The van der Waals surface area contributed by atoms with Crippen molar-refractivity contribution in [1.29, 1.82) is 0 Å². The van der Waals surface area contributed by atoms with Crippen LogP contribution in [0.3, 0.4) is 0 Å². The predicted molar refractivity (Wildman–Crippen MR) is 143 cm³/mol. The molecule has 3 aromatic carbocycles. The molecule has 212 valence electrons. The molecule has 1 aliphatic rings. The lowest BCUT2D eigenvalue weighted by Crippen LogP contribution is -2.43. The number of carbonyl (C=O) groups excluding carboxylic acids is 1. The first kappa shape index (κ1) is 29.4. The summed E-state index contributed by atoms with van der Waals surface area (Å²) in [5.74, 6) is -0.912. The van der Waals surface area contributed by atoms with Crippen LogP contribution < -0.4 is 9.04 Å². The Balaban J connectivity index is 1.79. The maximum atomic E-state index is 14.5. The summed E-state index contributed by atoms with van der Waals surface area (Å²) in [5.41, 5.74) is 0.0696. The molecule has 1 aliphatic heterocycles. The van der Waals surface area contributed by atoms with Gasteiger partial charge in [0, 0.05) is 12.0 Å². The minimum absolute atomic E-state index is 0.0582. The van der Waals surface area contributed by atoms with Gasteiger partial charge in [0.05, 0.1) is 34.8 Å². The molecule has 1 atom stereocenters. The molecule has 0 radical (unpaired) electrons. The summed E-state index contributed by atoms with van der Waals surface area (Å²) in [6.45, 7) is 1.37. The van der Waals surface area contributed by atoms with E-state index in [1.807, 2.05) is 0 Å². The molecule has 1 heterocycles. The minimum Gasteiger partial charge on any atom is -0.486 e. The second-order valence-corrected chi connectivity index (χ2v) is 11.3. The van der Waals surface area contributed by atoms with E-state index >= 15 is 0 Å². The molecule has 0 bridgehead atoms. The number of allylic oxidation sites excluding steroid dienone is 1. The second kappa shape index (κ2) is 11.5. The molecule has 0 N–H and O–H groups in total. The standard InChI is InChI=1S/C28H24ClF4NO5S/c1-17(27-22(29)7-4-8-23(27)30)13-18-9-11-25-24(14-18)34(16-20(39-25)10-12-26(35)38-2)40(36,37)21-6-3-5-19(15-21)28(31,32)33/h3-9,11,13-15,20H,10,12,16H2,1-2H3/t20-/m0/s1. The van der Waals surface area contributed by atoms with Gasteiger partial charge in [0.25, 0.3) is 10.0 Å². The fourth-order valence-electron chi connectivity index (χ4n) is 4.33. The summed E-state index contributed by atoms with van der Waals surface area (Å²) in [4.78, 5) is 11.1. The minimum atomic E-state index is -4.75. The average Bonchev–Trinajstić information content (AvgIpc) is 2.90. The van der Waals surface area contributed by atoms with Crippen LogP contribution in [0.5, 0.6) is 5.75 Å². The molecule has 12 heteroatoms. The van der Waals surface area contributed by atoms with Gasteiger partial charge in [-0.25, -0.2) is 12.8 Å². The summed E-state index contributed by atoms with van der Waals surface area (Å²) in [5, 5.41) is 0.192. The number of fused-ring (bicyclic) bond motifs is 1. The summed E-state index contributed by atoms with van der Waals surface area (Å²) >= 11 is 6.18. The van der Waals surface area contributed by atoms with Crippen molar-refractivity contribution < 1.29 is 40.2 Å². The normalized spacial score (nSPS) is 15.8. The van der Waals surface area contributed by atoms with E-state index in [2.05, 4.69) is 4.74 Å². The Morgan fingerprint density at radius 3 is 2.55 bits per heavy atom. The molecule has 0 saturated carbocycles. The molecule has 40 heavy (non-hydrogen) atoms. The molecule has 0 fully saturated rings. The molecule has 0 spiro atoms. The van der Waals surface area contributed by atoms with E-state index < -0.39 is 44.5 Å². The molecule has 4 rings (SSSR count). The zero-order chi connectivity index (χ0) is 29.2. The third-order valence-electron chi connectivity index (χ3n) is 6.30. The van der Waals surface area contributed by atoms with Gasteiger partial charge in [0.15, 0.2) is 0 Å². The molecule has 3 aromatic rings. The van der Waals surface area contributed by atoms with Crippen molar-refractivity contribution in [2.75, 3.05) is 18.0 Å². The monoisotopic (exact) mass is 597 g/mol. The number of halogens is 5. The van der Waals surface area contributed by atoms with E-state index in [1.165, 1.54) is 37.4 Å². The third kappa shape index (κ3) is 6.26. The van der Waals surface area contributed by atoms with Crippen LogP contribution in [-0.2, 0) is 25.7 Å². The molecule has 0 amide bonds. The fraction of sp³-hybridized carbons (Fsp3) is 0.250. The number of hydrogen-bond donors (Lipinski definition) is 0. The molecule has 0 aromatic heterocycles. The van der Waals surface area contributed by atoms with Gasteiger partial charge in [0.1, 0.15) is 17.7 Å². The smallest absolute Gasteiger partial charge is 0.416 e. The molecule has 0 saturated heterocycles. The predicted octanol–water partition coefficient (Wildman–Crippen LogP) is 6.97. The summed E-state index contributed by atoms with van der Waals surface area (Å²) in [7, 11) is -3.29. The van der Waals surface area contributed by atoms with E-state index in [1.54, 1.807) is 19.1 Å². The average molecular weight is 598 g/mol. The van der Waals surface area contributed by atoms with Crippen molar-refractivity contribution in [3.63, 3.8) is 0 Å². The number of sulfonamides is 1. The Morgan fingerprint density at radius 1 is 1.15 bits per heavy atom. The van der Waals surface area contributed by atoms with Gasteiger partial charge in [0.2, 0.25) is 0 Å². The maximum Gasteiger partial charge on any atom is 0.416 e. The van der Waals surface area contributed by atoms with Crippen LogP contribution in [-0.4, -0.2) is 34.1 Å². The van der Waals surface area contributed by atoms with Crippen molar-refractivity contribution in [3.8, 4) is 5.75 Å². The quantitative estimate of drug-likeness (QED) is 0.167.